The van der Waals surface area contributed by atoms with Gasteiger partial charge in [-0.3, -0.25) is 19.6 Å². The van der Waals surface area contributed by atoms with Crippen molar-refractivity contribution in [3.63, 3.8) is 0 Å². The molecule has 2 aromatic rings. The Morgan fingerprint density at radius 2 is 1.92 bits per heavy atom. The molecule has 2 amide bonds. The van der Waals surface area contributed by atoms with Crippen molar-refractivity contribution in [2.45, 2.75) is 25.3 Å². The van der Waals surface area contributed by atoms with Crippen LogP contribution < -0.4 is 11.1 Å². The molecule has 1 fully saturated rings. The van der Waals surface area contributed by atoms with E-state index in [1.54, 1.807) is 11.0 Å². The smallest absolute Gasteiger partial charge is 0.274 e. The van der Waals surface area contributed by atoms with E-state index in [0.717, 1.165) is 0 Å². The lowest BCUT2D eigenvalue weighted by Gasteiger charge is -2.39. The molecule has 3 rings (SSSR count). The Morgan fingerprint density at radius 3 is 2.56 bits per heavy atom. The van der Waals surface area contributed by atoms with Gasteiger partial charge in [-0.15, -0.1) is 0 Å². The first kappa shape index (κ1) is 16.8. The van der Waals surface area contributed by atoms with Crippen LogP contribution in [0.2, 0.25) is 0 Å². The second-order valence-electron chi connectivity index (χ2n) is 6.40. The summed E-state index contributed by atoms with van der Waals surface area (Å²) in [6.07, 6.45) is 8.79. The number of nitrogen functional groups attached to an aromatic ring is 1. The quantitative estimate of drug-likeness (QED) is 0.857. The molecule has 0 unspecified atom stereocenters. The van der Waals surface area contributed by atoms with Crippen molar-refractivity contribution in [1.29, 1.82) is 0 Å². The lowest BCUT2D eigenvalue weighted by atomic mass is 9.89. The van der Waals surface area contributed by atoms with Crippen molar-refractivity contribution in [2.24, 2.45) is 0 Å². The van der Waals surface area contributed by atoms with Crippen LogP contribution in [-0.2, 0) is 0 Å². The van der Waals surface area contributed by atoms with Crippen LogP contribution in [-0.4, -0.2) is 50.3 Å². The number of hydrogen-bond acceptors (Lipinski definition) is 6. The molecule has 25 heavy (non-hydrogen) atoms. The third-order valence-electron chi connectivity index (χ3n) is 4.37. The molecule has 3 N–H and O–H groups in total. The van der Waals surface area contributed by atoms with Crippen LogP contribution in [0.25, 0.3) is 0 Å². The number of anilines is 1. The summed E-state index contributed by atoms with van der Waals surface area (Å²) in [6.45, 7) is 3.07. The predicted octanol–water partition coefficient (Wildman–Crippen LogP) is 0.878. The third kappa shape index (κ3) is 3.90. The van der Waals surface area contributed by atoms with Crippen molar-refractivity contribution in [2.75, 3.05) is 18.8 Å². The first-order chi connectivity index (χ1) is 12.0. The minimum atomic E-state index is -0.388. The van der Waals surface area contributed by atoms with Crippen LogP contribution in [0.3, 0.4) is 0 Å². The Morgan fingerprint density at radius 1 is 1.16 bits per heavy atom. The van der Waals surface area contributed by atoms with Gasteiger partial charge in [-0.25, -0.2) is 4.98 Å². The number of carbonyl (C=O) groups excluding carboxylic acids is 2. The number of aromatic nitrogens is 3. The van der Waals surface area contributed by atoms with Crippen LogP contribution >= 0.6 is 0 Å². The van der Waals surface area contributed by atoms with Crippen molar-refractivity contribution in [3.05, 3.63) is 48.3 Å². The van der Waals surface area contributed by atoms with E-state index in [1.165, 1.54) is 31.0 Å². The van der Waals surface area contributed by atoms with Crippen LogP contribution in [0.5, 0.6) is 0 Å². The summed E-state index contributed by atoms with van der Waals surface area (Å²) in [5, 5.41) is 3.04. The van der Waals surface area contributed by atoms with Gasteiger partial charge in [0.15, 0.2) is 0 Å². The highest BCUT2D eigenvalue weighted by molar-refractivity contribution is 5.95. The van der Waals surface area contributed by atoms with Crippen molar-refractivity contribution < 1.29 is 9.59 Å². The molecule has 0 aliphatic carbocycles. The zero-order valence-electron chi connectivity index (χ0n) is 14.0. The van der Waals surface area contributed by atoms with Gasteiger partial charge in [0.25, 0.3) is 11.8 Å². The fraction of sp³-hybridized carbons (Fsp3) is 0.353. The number of hydrogen-bond donors (Lipinski definition) is 2. The van der Waals surface area contributed by atoms with Crippen molar-refractivity contribution >= 4 is 17.5 Å². The van der Waals surface area contributed by atoms with Crippen LogP contribution in [0.1, 0.15) is 40.6 Å². The summed E-state index contributed by atoms with van der Waals surface area (Å²) in [5.41, 5.74) is 6.49. The molecule has 1 aliphatic heterocycles. The van der Waals surface area contributed by atoms with E-state index in [1.807, 2.05) is 6.92 Å². The van der Waals surface area contributed by atoms with E-state index in [4.69, 9.17) is 5.73 Å². The van der Waals surface area contributed by atoms with Gasteiger partial charge in [0.05, 0.1) is 17.4 Å². The summed E-state index contributed by atoms with van der Waals surface area (Å²) >= 11 is 0. The highest BCUT2D eigenvalue weighted by Gasteiger charge is 2.34. The number of nitrogens with two attached hydrogens (primary N) is 1. The summed E-state index contributed by atoms with van der Waals surface area (Å²) in [5.74, 6) is -0.350. The highest BCUT2D eigenvalue weighted by Crippen LogP contribution is 2.23. The second-order valence-corrected chi connectivity index (χ2v) is 6.40. The summed E-state index contributed by atoms with van der Waals surface area (Å²) in [6, 6.07) is 1.60. The van der Waals surface area contributed by atoms with Gasteiger partial charge in [0, 0.05) is 43.4 Å². The Labute approximate surface area is 145 Å². The Hall–Kier alpha value is -3.03. The maximum Gasteiger partial charge on any atom is 0.274 e. The molecule has 0 aromatic carbocycles. The number of nitrogens with one attached hydrogen (secondary N) is 1. The summed E-state index contributed by atoms with van der Waals surface area (Å²) < 4.78 is 0. The van der Waals surface area contributed by atoms with E-state index < -0.39 is 0 Å². The van der Waals surface area contributed by atoms with Gasteiger partial charge < -0.3 is 16.0 Å². The Kier molecular flexibility index (Phi) is 4.60. The van der Waals surface area contributed by atoms with Gasteiger partial charge in [-0.1, -0.05) is 0 Å². The third-order valence-corrected chi connectivity index (χ3v) is 4.37. The molecule has 2 aromatic heterocycles. The monoisotopic (exact) mass is 340 g/mol. The Bertz CT molecular complexity index is 772. The normalized spacial score (nSPS) is 16.3. The van der Waals surface area contributed by atoms with E-state index in [0.29, 0.717) is 42.9 Å². The van der Waals surface area contributed by atoms with Gasteiger partial charge >= 0.3 is 0 Å². The minimum absolute atomic E-state index is 0.137. The predicted molar refractivity (Wildman–Crippen MR) is 91.7 cm³/mol. The first-order valence-electron chi connectivity index (χ1n) is 8.05. The van der Waals surface area contributed by atoms with Crippen LogP contribution in [0.4, 0.5) is 5.69 Å². The lowest BCUT2D eigenvalue weighted by Crippen LogP contribution is -2.54. The topological polar surface area (TPSA) is 114 Å². The highest BCUT2D eigenvalue weighted by atomic mass is 16.2. The average Bonchev–Trinajstić information content (AvgIpc) is 2.62. The largest absolute Gasteiger partial charge is 0.397 e. The number of nitrogens with zero attached hydrogens (tertiary/aromatic N) is 4. The van der Waals surface area contributed by atoms with E-state index in [9.17, 15) is 9.59 Å². The van der Waals surface area contributed by atoms with Gasteiger partial charge in [0.1, 0.15) is 5.69 Å². The van der Waals surface area contributed by atoms with Crippen LogP contribution in [0.15, 0.2) is 37.1 Å². The number of rotatable bonds is 3. The molecule has 0 bridgehead atoms. The zero-order chi connectivity index (χ0) is 17.9. The Balaban J connectivity index is 1.61. The maximum atomic E-state index is 12.4. The molecule has 3 heterocycles. The zero-order valence-corrected chi connectivity index (χ0v) is 14.0. The molecule has 1 aliphatic rings. The molecule has 0 atom stereocenters. The maximum absolute atomic E-state index is 12.4. The molecular weight excluding hydrogens is 320 g/mol. The van der Waals surface area contributed by atoms with E-state index in [2.05, 4.69) is 20.3 Å². The minimum Gasteiger partial charge on any atom is -0.397 e. The SMILES string of the molecule is CC1(NC(=O)c2cncc(N)c2)CCN(C(=O)c2cnccn2)CC1. The number of amides is 2. The standard InChI is InChI=1S/C17H20N6O2/c1-17(22-15(24)12-8-13(18)10-20-9-12)2-6-23(7-3-17)16(25)14-11-19-4-5-21-14/h4-5,8-11H,2-3,6-7,18H2,1H3,(H,22,24). The molecule has 130 valence electrons. The van der Waals surface area contributed by atoms with Gasteiger partial charge in [0.2, 0.25) is 0 Å². The average molecular weight is 340 g/mol. The van der Waals surface area contributed by atoms with Crippen LogP contribution in [0, 0.1) is 0 Å². The number of likely N-dealkylation sites (tertiary alicyclic amines) is 1. The molecule has 0 radical (unpaired) electrons. The second kappa shape index (κ2) is 6.84. The van der Waals surface area contributed by atoms with E-state index in [-0.39, 0.29) is 17.4 Å². The lowest BCUT2D eigenvalue weighted by molar-refractivity contribution is 0.0632. The fourth-order valence-electron chi connectivity index (χ4n) is 2.83. The van der Waals surface area contributed by atoms with Gasteiger partial charge in [-0.2, -0.15) is 0 Å². The van der Waals surface area contributed by atoms with Gasteiger partial charge in [-0.05, 0) is 25.8 Å². The summed E-state index contributed by atoms with van der Waals surface area (Å²) in [4.78, 5) is 38.5. The molecule has 0 spiro atoms. The number of piperidine rings is 1. The number of pyridine rings is 1. The summed E-state index contributed by atoms with van der Waals surface area (Å²) in [7, 11) is 0. The van der Waals surface area contributed by atoms with Crippen molar-refractivity contribution in [3.8, 4) is 0 Å². The number of carbonyl (C=O) groups is 2. The molecule has 8 heteroatoms. The first-order valence-corrected chi connectivity index (χ1v) is 8.05. The molecular formula is C17H20N6O2. The molecule has 0 saturated carbocycles. The molecule has 1 saturated heterocycles. The van der Waals surface area contributed by atoms with Crippen molar-refractivity contribution in [1.82, 2.24) is 25.2 Å². The molecule has 8 nitrogen and oxygen atoms in total. The fourth-order valence-corrected chi connectivity index (χ4v) is 2.83. The van der Waals surface area contributed by atoms with E-state index >= 15 is 0 Å².